The van der Waals surface area contributed by atoms with Gasteiger partial charge in [-0.05, 0) is 48.1 Å². The van der Waals surface area contributed by atoms with Crippen molar-refractivity contribution in [3.05, 3.63) is 83.1 Å². The van der Waals surface area contributed by atoms with Gasteiger partial charge in [-0.3, -0.25) is 10.1 Å². The van der Waals surface area contributed by atoms with Gasteiger partial charge in [0, 0.05) is 4.88 Å². The summed E-state index contributed by atoms with van der Waals surface area (Å²) in [6.07, 6.45) is 0.0685. The Kier molecular flexibility index (Phi) is 7.43. The summed E-state index contributed by atoms with van der Waals surface area (Å²) in [6, 6.07) is 18.1. The molecule has 1 aliphatic heterocycles. The number of nitrogens with one attached hydrogen (secondary N) is 1. The number of carbonyl (C=O) groups is 1. The van der Waals surface area contributed by atoms with E-state index in [2.05, 4.69) is 5.32 Å². The molecule has 2 heterocycles. The van der Waals surface area contributed by atoms with Crippen molar-refractivity contribution in [2.24, 2.45) is 5.92 Å². The van der Waals surface area contributed by atoms with Crippen molar-refractivity contribution in [3.63, 3.8) is 0 Å². The molecule has 1 saturated heterocycles. The maximum absolute atomic E-state index is 14.3. The first-order valence-electron chi connectivity index (χ1n) is 11.5. The van der Waals surface area contributed by atoms with Gasteiger partial charge < -0.3 is 4.74 Å². The fourth-order valence-electron chi connectivity index (χ4n) is 5.17. The minimum absolute atomic E-state index is 0.00293. The Balaban J connectivity index is 2.07. The van der Waals surface area contributed by atoms with E-state index in [1.54, 1.807) is 53.9 Å². The molecule has 4 rings (SSSR count). The van der Waals surface area contributed by atoms with E-state index in [0.29, 0.717) is 4.88 Å². The SMILES string of the molecule is COC(=O)[C@@]1(CC(C)C)N[C@@H](c2cccs2)[C@@H](S(=O)(=O)c2ccccc2)[C@@H]1S(=O)(=O)c1ccccc1. The van der Waals surface area contributed by atoms with Gasteiger partial charge >= 0.3 is 5.97 Å². The number of rotatable bonds is 8. The molecular weight excluding hydrogens is 518 g/mol. The maximum Gasteiger partial charge on any atom is 0.327 e. The van der Waals surface area contributed by atoms with Gasteiger partial charge in [-0.1, -0.05) is 56.3 Å². The van der Waals surface area contributed by atoms with Crippen molar-refractivity contribution in [2.75, 3.05) is 7.11 Å². The van der Waals surface area contributed by atoms with E-state index in [9.17, 15) is 21.6 Å². The minimum atomic E-state index is -4.35. The Bertz CT molecular complexity index is 1400. The summed E-state index contributed by atoms with van der Waals surface area (Å²) in [5, 5.41) is 1.89. The van der Waals surface area contributed by atoms with Gasteiger partial charge in [0.25, 0.3) is 0 Å². The molecule has 0 spiro atoms. The number of thiophene rings is 1. The highest BCUT2D eigenvalue weighted by Gasteiger charge is 2.67. The summed E-state index contributed by atoms with van der Waals surface area (Å²) in [5.74, 6) is -0.944. The Morgan fingerprint density at radius 3 is 1.94 bits per heavy atom. The summed E-state index contributed by atoms with van der Waals surface area (Å²) in [4.78, 5) is 14.1. The van der Waals surface area contributed by atoms with Gasteiger partial charge in [0.15, 0.2) is 19.7 Å². The van der Waals surface area contributed by atoms with Crippen LogP contribution in [-0.2, 0) is 29.2 Å². The van der Waals surface area contributed by atoms with Crippen molar-refractivity contribution in [1.29, 1.82) is 0 Å². The predicted molar refractivity (Wildman–Crippen MR) is 139 cm³/mol. The fourth-order valence-corrected chi connectivity index (χ4v) is 11.1. The van der Waals surface area contributed by atoms with E-state index in [1.165, 1.54) is 42.7 Å². The molecule has 0 saturated carbocycles. The monoisotopic (exact) mass is 547 g/mol. The molecule has 4 atom stereocenters. The molecule has 192 valence electrons. The van der Waals surface area contributed by atoms with E-state index < -0.39 is 47.7 Å². The molecule has 10 heteroatoms. The van der Waals surface area contributed by atoms with Crippen molar-refractivity contribution in [3.8, 4) is 0 Å². The Morgan fingerprint density at radius 1 is 0.917 bits per heavy atom. The average Bonchev–Trinajstić information content (AvgIpc) is 3.52. The zero-order valence-corrected chi connectivity index (χ0v) is 22.6. The van der Waals surface area contributed by atoms with Gasteiger partial charge in [-0.15, -0.1) is 11.3 Å². The smallest absolute Gasteiger partial charge is 0.327 e. The number of hydrogen-bond donors (Lipinski definition) is 1. The zero-order chi connectivity index (χ0) is 26.1. The summed E-state index contributed by atoms with van der Waals surface area (Å²) in [7, 11) is -7.40. The normalized spacial score (nSPS) is 24.6. The lowest BCUT2D eigenvalue weighted by Crippen LogP contribution is -2.60. The highest BCUT2D eigenvalue weighted by molar-refractivity contribution is 7.96. The van der Waals surface area contributed by atoms with Crippen LogP contribution in [0.1, 0.15) is 31.2 Å². The first-order chi connectivity index (χ1) is 17.1. The molecule has 0 radical (unpaired) electrons. The largest absolute Gasteiger partial charge is 0.468 e. The van der Waals surface area contributed by atoms with E-state index in [4.69, 9.17) is 4.74 Å². The van der Waals surface area contributed by atoms with Gasteiger partial charge in [0.05, 0.1) is 22.9 Å². The molecule has 3 aromatic rings. The van der Waals surface area contributed by atoms with E-state index in [1.807, 2.05) is 13.8 Å². The fraction of sp³-hybridized carbons (Fsp3) is 0.346. The summed E-state index contributed by atoms with van der Waals surface area (Å²) >= 11 is 1.31. The third-order valence-corrected chi connectivity index (χ3v) is 12.1. The zero-order valence-electron chi connectivity index (χ0n) is 20.2. The molecule has 0 bridgehead atoms. The van der Waals surface area contributed by atoms with Crippen LogP contribution in [0.3, 0.4) is 0 Å². The highest BCUT2D eigenvalue weighted by Crippen LogP contribution is 2.48. The first kappa shape index (κ1) is 26.5. The quantitative estimate of drug-likeness (QED) is 0.424. The van der Waals surface area contributed by atoms with Crippen LogP contribution in [0.5, 0.6) is 0 Å². The number of ether oxygens (including phenoxy) is 1. The second-order valence-electron chi connectivity index (χ2n) is 9.30. The van der Waals surface area contributed by atoms with E-state index in [-0.39, 0.29) is 22.1 Å². The van der Waals surface area contributed by atoms with Crippen molar-refractivity contribution >= 4 is 37.0 Å². The number of methoxy groups -OCH3 is 1. The molecule has 0 aliphatic carbocycles. The minimum Gasteiger partial charge on any atom is -0.468 e. The second kappa shape index (κ2) is 10.1. The third-order valence-electron chi connectivity index (χ3n) is 6.49. The van der Waals surface area contributed by atoms with Crippen LogP contribution in [-0.4, -0.2) is 46.0 Å². The Labute approximate surface area is 216 Å². The molecule has 1 fully saturated rings. The highest BCUT2D eigenvalue weighted by atomic mass is 32.2. The number of esters is 1. The van der Waals surface area contributed by atoms with E-state index >= 15 is 0 Å². The van der Waals surface area contributed by atoms with Crippen LogP contribution in [0.4, 0.5) is 0 Å². The molecule has 1 aromatic heterocycles. The molecule has 0 amide bonds. The lowest BCUT2D eigenvalue weighted by Gasteiger charge is -2.35. The van der Waals surface area contributed by atoms with Crippen molar-refractivity contribution < 1.29 is 26.4 Å². The standard InChI is InChI=1S/C26H29NO6S3/c1-18(2)17-26(25(28)33-3)24(36(31,32)20-13-8-5-9-14-20)23(22(27-26)21-15-10-16-34-21)35(29,30)19-11-6-4-7-12-19/h4-16,18,22-24,27H,17H2,1-3H3/t22-,23+,24-,26-/m0/s1. The predicted octanol–water partition coefficient (Wildman–Crippen LogP) is 4.04. The molecule has 2 aromatic carbocycles. The van der Waals surface area contributed by atoms with Crippen LogP contribution in [0.25, 0.3) is 0 Å². The second-order valence-corrected chi connectivity index (χ2v) is 14.5. The van der Waals surface area contributed by atoms with Crippen LogP contribution in [0.15, 0.2) is 88.0 Å². The number of benzene rings is 2. The van der Waals surface area contributed by atoms with Crippen molar-refractivity contribution in [2.45, 2.75) is 52.1 Å². The average molecular weight is 548 g/mol. The summed E-state index contributed by atoms with van der Waals surface area (Å²) in [6.45, 7) is 3.72. The number of hydrogen-bond acceptors (Lipinski definition) is 8. The van der Waals surface area contributed by atoms with Crippen LogP contribution in [0.2, 0.25) is 0 Å². The summed E-state index contributed by atoms with van der Waals surface area (Å²) in [5.41, 5.74) is -1.79. The Hall–Kier alpha value is -2.53. The molecule has 36 heavy (non-hydrogen) atoms. The molecule has 0 unspecified atom stereocenters. The lowest BCUT2D eigenvalue weighted by atomic mass is 9.87. The molecule has 1 N–H and O–H groups in total. The first-order valence-corrected chi connectivity index (χ1v) is 15.5. The van der Waals surface area contributed by atoms with Crippen LogP contribution < -0.4 is 5.32 Å². The summed E-state index contributed by atoms with van der Waals surface area (Å²) < 4.78 is 62.4. The van der Waals surface area contributed by atoms with E-state index in [0.717, 1.165) is 0 Å². The number of sulfone groups is 2. The topological polar surface area (TPSA) is 107 Å². The third kappa shape index (κ3) is 4.51. The van der Waals surface area contributed by atoms with Gasteiger partial charge in [0.1, 0.15) is 16.0 Å². The molecular formula is C26H29NO6S3. The Morgan fingerprint density at radius 2 is 1.47 bits per heavy atom. The van der Waals surface area contributed by atoms with Crippen LogP contribution in [0, 0.1) is 5.92 Å². The molecule has 7 nitrogen and oxygen atoms in total. The maximum atomic E-state index is 14.3. The number of carbonyl (C=O) groups excluding carboxylic acids is 1. The van der Waals surface area contributed by atoms with Gasteiger partial charge in [-0.25, -0.2) is 16.8 Å². The van der Waals surface area contributed by atoms with Crippen LogP contribution >= 0.6 is 11.3 Å². The van der Waals surface area contributed by atoms with Gasteiger partial charge in [0.2, 0.25) is 0 Å². The van der Waals surface area contributed by atoms with Gasteiger partial charge in [-0.2, -0.15) is 0 Å². The molecule has 1 aliphatic rings. The van der Waals surface area contributed by atoms with Crippen molar-refractivity contribution in [1.82, 2.24) is 5.32 Å². The lowest BCUT2D eigenvalue weighted by molar-refractivity contribution is -0.148.